The number of amides is 1. The number of hydrogen-bond donors (Lipinski definition) is 0. The fourth-order valence-corrected chi connectivity index (χ4v) is 4.68. The van der Waals surface area contributed by atoms with Crippen LogP contribution >= 0.6 is 0 Å². The Morgan fingerprint density at radius 1 is 0.943 bits per heavy atom. The molecule has 6 nitrogen and oxygen atoms in total. The monoisotopic (exact) mass is 469 g/mol. The zero-order valence-electron chi connectivity index (χ0n) is 20.6. The van der Waals surface area contributed by atoms with E-state index >= 15 is 0 Å². The van der Waals surface area contributed by atoms with Crippen LogP contribution in [0.3, 0.4) is 0 Å². The largest absolute Gasteiger partial charge is 0.497 e. The number of benzene rings is 3. The van der Waals surface area contributed by atoms with E-state index in [4.69, 9.17) is 14.5 Å². The number of aryl methyl sites for hydroxylation is 2. The van der Waals surface area contributed by atoms with Gasteiger partial charge < -0.3 is 19.3 Å². The Morgan fingerprint density at radius 3 is 2.63 bits per heavy atom. The van der Waals surface area contributed by atoms with Crippen molar-refractivity contribution in [3.63, 3.8) is 0 Å². The van der Waals surface area contributed by atoms with Crippen molar-refractivity contribution in [3.05, 3.63) is 82.9 Å². The van der Waals surface area contributed by atoms with Crippen LogP contribution in [0.15, 0.2) is 65.7 Å². The van der Waals surface area contributed by atoms with Crippen LogP contribution in [0.2, 0.25) is 0 Å². The number of hydrogen-bond acceptors (Lipinski definition) is 5. The van der Waals surface area contributed by atoms with Gasteiger partial charge in [0.25, 0.3) is 0 Å². The first-order chi connectivity index (χ1) is 17.0. The second kappa shape index (κ2) is 9.82. The van der Waals surface area contributed by atoms with Crippen LogP contribution in [0.5, 0.6) is 17.2 Å². The molecule has 0 saturated carbocycles. The van der Waals surface area contributed by atoms with Crippen LogP contribution in [-0.4, -0.2) is 54.8 Å². The van der Waals surface area contributed by atoms with Gasteiger partial charge in [-0.05, 0) is 67.8 Å². The third-order valence-electron chi connectivity index (χ3n) is 6.58. The first-order valence-electron chi connectivity index (χ1n) is 12.1. The quantitative estimate of drug-likeness (QED) is 0.524. The predicted molar refractivity (Wildman–Crippen MR) is 138 cm³/mol. The summed E-state index contributed by atoms with van der Waals surface area (Å²) in [6.45, 7) is 7.08. The van der Waals surface area contributed by atoms with E-state index in [-0.39, 0.29) is 5.91 Å². The minimum absolute atomic E-state index is 0.142. The molecule has 0 atom stereocenters. The summed E-state index contributed by atoms with van der Waals surface area (Å²) in [5.41, 5.74) is 5.09. The molecule has 0 aromatic heterocycles. The maximum absolute atomic E-state index is 13.1. The van der Waals surface area contributed by atoms with Crippen molar-refractivity contribution in [2.45, 2.75) is 26.7 Å². The summed E-state index contributed by atoms with van der Waals surface area (Å²) in [7, 11) is 1.64. The van der Waals surface area contributed by atoms with Gasteiger partial charge in [-0.3, -0.25) is 4.79 Å². The number of rotatable bonds is 3. The Bertz CT molecular complexity index is 1280. The molecule has 6 heteroatoms. The van der Waals surface area contributed by atoms with E-state index in [1.54, 1.807) is 7.11 Å². The number of aliphatic imine (C=N–C) groups is 1. The minimum Gasteiger partial charge on any atom is -0.497 e. The lowest BCUT2D eigenvalue weighted by atomic mass is 10.1. The molecule has 1 fully saturated rings. The highest BCUT2D eigenvalue weighted by Gasteiger charge is 2.26. The second-order valence-electron chi connectivity index (χ2n) is 9.26. The van der Waals surface area contributed by atoms with E-state index in [9.17, 15) is 4.79 Å². The highest BCUT2D eigenvalue weighted by atomic mass is 16.5. The van der Waals surface area contributed by atoms with Gasteiger partial charge in [0.1, 0.15) is 23.0 Å². The molecule has 3 aromatic carbocycles. The van der Waals surface area contributed by atoms with Crippen molar-refractivity contribution >= 4 is 17.4 Å². The van der Waals surface area contributed by atoms with Crippen LogP contribution < -0.4 is 9.47 Å². The molecule has 0 spiro atoms. The molecule has 2 heterocycles. The number of ether oxygens (including phenoxy) is 2. The maximum Gasteiger partial charge on any atom is 0.227 e. The van der Waals surface area contributed by atoms with Crippen molar-refractivity contribution in [1.29, 1.82) is 0 Å². The summed E-state index contributed by atoms with van der Waals surface area (Å²) < 4.78 is 11.6. The van der Waals surface area contributed by atoms with Crippen molar-refractivity contribution in [2.75, 3.05) is 33.3 Å². The fourth-order valence-electron chi connectivity index (χ4n) is 4.68. The molecule has 180 valence electrons. The Hall–Kier alpha value is -3.80. The zero-order valence-corrected chi connectivity index (χ0v) is 20.6. The molecule has 1 amide bonds. The summed E-state index contributed by atoms with van der Waals surface area (Å²) in [6.07, 6.45) is 1.26. The Labute approximate surface area is 206 Å². The van der Waals surface area contributed by atoms with Crippen molar-refractivity contribution in [3.8, 4) is 17.2 Å². The van der Waals surface area contributed by atoms with Crippen LogP contribution in [0.1, 0.15) is 28.7 Å². The first-order valence-corrected chi connectivity index (χ1v) is 12.1. The average molecular weight is 470 g/mol. The predicted octanol–water partition coefficient (Wildman–Crippen LogP) is 5.27. The SMILES string of the molecule is COc1cccc(CC(=O)N2CCCN(C3=Nc4ccc(C)cc4Oc4ccc(C)cc43)CC2)c1. The fraction of sp³-hybridized carbons (Fsp3) is 0.310. The third-order valence-corrected chi connectivity index (χ3v) is 6.58. The van der Waals surface area contributed by atoms with E-state index in [1.165, 1.54) is 0 Å². The van der Waals surface area contributed by atoms with Gasteiger partial charge >= 0.3 is 0 Å². The average Bonchev–Trinajstić information content (AvgIpc) is 3.19. The molecule has 1 saturated heterocycles. The molecule has 0 unspecified atom stereocenters. The molecular formula is C29H31N3O3. The molecule has 0 bridgehead atoms. The normalized spacial score (nSPS) is 15.2. The molecular weight excluding hydrogens is 438 g/mol. The van der Waals surface area contributed by atoms with Gasteiger partial charge in [-0.25, -0.2) is 4.99 Å². The maximum atomic E-state index is 13.1. The van der Waals surface area contributed by atoms with Crippen LogP contribution in [0.4, 0.5) is 5.69 Å². The minimum atomic E-state index is 0.142. The Balaban J connectivity index is 1.38. The molecule has 35 heavy (non-hydrogen) atoms. The third kappa shape index (κ3) is 5.02. The Kier molecular flexibility index (Phi) is 6.45. The molecule has 0 radical (unpaired) electrons. The van der Waals surface area contributed by atoms with Gasteiger partial charge in [0.2, 0.25) is 5.91 Å². The molecule has 0 aliphatic carbocycles. The number of fused-ring (bicyclic) bond motifs is 2. The molecule has 2 aliphatic heterocycles. The zero-order chi connectivity index (χ0) is 24.4. The molecule has 0 N–H and O–H groups in total. The smallest absolute Gasteiger partial charge is 0.227 e. The molecule has 2 aliphatic rings. The number of methoxy groups -OCH3 is 1. The lowest BCUT2D eigenvalue weighted by Gasteiger charge is -2.25. The number of amidine groups is 1. The lowest BCUT2D eigenvalue weighted by Crippen LogP contribution is -2.38. The van der Waals surface area contributed by atoms with Crippen molar-refractivity contribution in [1.82, 2.24) is 9.80 Å². The van der Waals surface area contributed by atoms with Crippen molar-refractivity contribution < 1.29 is 14.3 Å². The summed E-state index contributed by atoms with van der Waals surface area (Å²) >= 11 is 0. The summed E-state index contributed by atoms with van der Waals surface area (Å²) in [6, 6.07) is 20.1. The molecule has 5 rings (SSSR count). The number of carbonyl (C=O) groups is 1. The van der Waals surface area contributed by atoms with Gasteiger partial charge in [-0.1, -0.05) is 29.8 Å². The van der Waals surface area contributed by atoms with Gasteiger partial charge in [0.05, 0.1) is 19.1 Å². The van der Waals surface area contributed by atoms with Gasteiger partial charge in [-0.15, -0.1) is 0 Å². The number of carbonyl (C=O) groups excluding carboxylic acids is 1. The second-order valence-corrected chi connectivity index (χ2v) is 9.26. The standard InChI is InChI=1S/C29H31N3O3/c1-20-9-11-26-24(16-20)29(30-25-10-8-21(2)17-27(25)35-26)32-13-5-12-31(14-15-32)28(33)19-22-6-4-7-23(18-22)34-3/h4,6-11,16-18H,5,12-15,19H2,1-3H3. The van der Waals surface area contributed by atoms with Crippen LogP contribution in [0.25, 0.3) is 0 Å². The highest BCUT2D eigenvalue weighted by molar-refractivity contribution is 6.04. The highest BCUT2D eigenvalue weighted by Crippen LogP contribution is 2.39. The Morgan fingerprint density at radius 2 is 1.77 bits per heavy atom. The summed E-state index contributed by atoms with van der Waals surface area (Å²) in [5, 5.41) is 0. The van der Waals surface area contributed by atoms with E-state index in [0.29, 0.717) is 13.0 Å². The van der Waals surface area contributed by atoms with Crippen LogP contribution in [0, 0.1) is 13.8 Å². The topological polar surface area (TPSA) is 54.4 Å². The summed E-state index contributed by atoms with van der Waals surface area (Å²) in [4.78, 5) is 22.5. The van der Waals surface area contributed by atoms with Gasteiger partial charge in [0, 0.05) is 26.2 Å². The summed E-state index contributed by atoms with van der Waals surface area (Å²) in [5.74, 6) is 3.41. The molecule has 3 aromatic rings. The number of nitrogens with zero attached hydrogens (tertiary/aromatic N) is 3. The van der Waals surface area contributed by atoms with E-state index in [0.717, 1.165) is 77.1 Å². The van der Waals surface area contributed by atoms with Gasteiger partial charge in [-0.2, -0.15) is 0 Å². The van der Waals surface area contributed by atoms with E-state index in [1.807, 2.05) is 47.4 Å². The first kappa shape index (κ1) is 23.0. The van der Waals surface area contributed by atoms with E-state index in [2.05, 4.69) is 36.9 Å². The van der Waals surface area contributed by atoms with Crippen molar-refractivity contribution in [2.24, 2.45) is 4.99 Å². The lowest BCUT2D eigenvalue weighted by molar-refractivity contribution is -0.130. The van der Waals surface area contributed by atoms with Crippen LogP contribution in [-0.2, 0) is 11.2 Å². The van der Waals surface area contributed by atoms with Gasteiger partial charge in [0.15, 0.2) is 5.75 Å². The van der Waals surface area contributed by atoms with E-state index < -0.39 is 0 Å².